The molecule has 0 spiro atoms. The maximum Gasteiger partial charge on any atom is 0.139 e. The van der Waals surface area contributed by atoms with Crippen LogP contribution < -0.4 is 0 Å². The Bertz CT molecular complexity index is 892. The van der Waals surface area contributed by atoms with Gasteiger partial charge < -0.3 is 19.1 Å². The first-order valence-electron chi connectivity index (χ1n) is 9.28. The molecule has 28 heavy (non-hydrogen) atoms. The van der Waals surface area contributed by atoms with E-state index in [2.05, 4.69) is 4.57 Å². The minimum Gasteiger partial charge on any atom is -0.389 e. The van der Waals surface area contributed by atoms with Gasteiger partial charge in [0.05, 0.1) is 36.9 Å². The average molecular weight is 423 g/mol. The van der Waals surface area contributed by atoms with Crippen molar-refractivity contribution in [3.63, 3.8) is 0 Å². The lowest BCUT2D eigenvalue weighted by Crippen LogP contribution is -2.23. The quantitative estimate of drug-likeness (QED) is 0.606. The Morgan fingerprint density at radius 2 is 2.00 bits per heavy atom. The zero-order chi connectivity index (χ0) is 18.6. The summed E-state index contributed by atoms with van der Waals surface area (Å²) < 4.78 is 13.6. The van der Waals surface area contributed by atoms with Crippen molar-refractivity contribution in [2.75, 3.05) is 13.2 Å². The van der Waals surface area contributed by atoms with Crippen LogP contribution in [0.1, 0.15) is 30.3 Å². The first-order chi connectivity index (χ1) is 13.2. The van der Waals surface area contributed by atoms with Gasteiger partial charge in [0.15, 0.2) is 0 Å². The molecule has 1 aromatic heterocycles. The monoisotopic (exact) mass is 422 g/mol. The number of nitrogens with zero attached hydrogens (tertiary/aromatic N) is 2. The molecular weight excluding hydrogens is 399 g/mol. The zero-order valence-electron chi connectivity index (χ0n) is 15.5. The van der Waals surface area contributed by atoms with Crippen LogP contribution in [0.3, 0.4) is 0 Å². The molecule has 0 radical (unpaired) electrons. The Kier molecular flexibility index (Phi) is 7.32. The van der Waals surface area contributed by atoms with Gasteiger partial charge in [-0.1, -0.05) is 35.9 Å². The van der Waals surface area contributed by atoms with Crippen LogP contribution in [0.15, 0.2) is 48.5 Å². The molecule has 1 fully saturated rings. The molecule has 0 aliphatic carbocycles. The summed E-state index contributed by atoms with van der Waals surface area (Å²) in [7, 11) is 0. The van der Waals surface area contributed by atoms with Gasteiger partial charge in [-0.2, -0.15) is 0 Å². The van der Waals surface area contributed by atoms with E-state index in [0.717, 1.165) is 41.9 Å². The van der Waals surface area contributed by atoms with E-state index in [1.807, 2.05) is 48.5 Å². The zero-order valence-corrected chi connectivity index (χ0v) is 17.0. The number of benzene rings is 2. The number of rotatable bonds is 7. The first-order valence-corrected chi connectivity index (χ1v) is 9.65. The summed E-state index contributed by atoms with van der Waals surface area (Å²) in [6.45, 7) is 1.88. The second-order valence-electron chi connectivity index (χ2n) is 6.87. The molecule has 2 aromatic carbocycles. The normalized spacial score (nSPS) is 17.6. The summed E-state index contributed by atoms with van der Waals surface area (Å²) in [5.74, 6) is 0.894. The van der Waals surface area contributed by atoms with Crippen LogP contribution in [0.4, 0.5) is 0 Å². The van der Waals surface area contributed by atoms with Crippen molar-refractivity contribution < 1.29 is 14.6 Å². The second-order valence-corrected chi connectivity index (χ2v) is 7.30. The van der Waals surface area contributed by atoms with E-state index in [0.29, 0.717) is 18.2 Å². The van der Waals surface area contributed by atoms with Crippen LogP contribution >= 0.6 is 24.0 Å². The Labute approximate surface area is 175 Å². The molecule has 150 valence electrons. The summed E-state index contributed by atoms with van der Waals surface area (Å²) in [5.41, 5.74) is 2.97. The molecule has 0 saturated carbocycles. The van der Waals surface area contributed by atoms with Gasteiger partial charge in [-0.05, 0) is 42.7 Å². The fraction of sp³-hybridized carbons (Fsp3) is 0.381. The highest BCUT2D eigenvalue weighted by Gasteiger charge is 2.25. The van der Waals surface area contributed by atoms with Crippen LogP contribution in [0.5, 0.6) is 0 Å². The average Bonchev–Trinajstić information content (AvgIpc) is 3.32. The minimum absolute atomic E-state index is 0. The fourth-order valence-electron chi connectivity index (χ4n) is 3.47. The molecule has 2 unspecified atom stereocenters. The second kappa shape index (κ2) is 9.72. The molecule has 1 aliphatic rings. The highest BCUT2D eigenvalue weighted by molar-refractivity contribution is 6.30. The van der Waals surface area contributed by atoms with Crippen LogP contribution in [-0.4, -0.2) is 34.0 Å². The van der Waals surface area contributed by atoms with Crippen molar-refractivity contribution in [3.8, 4) is 0 Å². The number of imidazole rings is 1. The number of aromatic nitrogens is 2. The van der Waals surface area contributed by atoms with Gasteiger partial charge in [-0.3, -0.25) is 0 Å². The topological polar surface area (TPSA) is 56.5 Å². The van der Waals surface area contributed by atoms with Crippen LogP contribution in [-0.2, 0) is 22.6 Å². The Morgan fingerprint density at radius 1 is 1.21 bits per heavy atom. The smallest absolute Gasteiger partial charge is 0.139 e. The SMILES string of the molecule is Cl.OC(COCc1ccc(Cl)cc1)Cn1c(C2CCCO2)nc2ccccc21. The van der Waals surface area contributed by atoms with E-state index < -0.39 is 6.10 Å². The van der Waals surface area contributed by atoms with E-state index in [-0.39, 0.29) is 25.1 Å². The molecule has 0 amide bonds. The molecule has 2 atom stereocenters. The molecule has 1 aliphatic heterocycles. The number of fused-ring (bicyclic) bond motifs is 1. The number of para-hydroxylation sites is 2. The van der Waals surface area contributed by atoms with Crippen LogP contribution in [0.25, 0.3) is 11.0 Å². The molecule has 7 heteroatoms. The highest BCUT2D eigenvalue weighted by Crippen LogP contribution is 2.30. The number of halogens is 2. The van der Waals surface area contributed by atoms with Crippen molar-refractivity contribution in [1.82, 2.24) is 9.55 Å². The van der Waals surface area contributed by atoms with Gasteiger partial charge in [-0.15, -0.1) is 12.4 Å². The maximum absolute atomic E-state index is 10.5. The van der Waals surface area contributed by atoms with Gasteiger partial charge in [-0.25, -0.2) is 4.98 Å². The van der Waals surface area contributed by atoms with E-state index in [4.69, 9.17) is 26.1 Å². The molecule has 1 N–H and O–H groups in total. The molecule has 4 rings (SSSR count). The summed E-state index contributed by atoms with van der Waals surface area (Å²) in [4.78, 5) is 4.76. The molecule has 5 nitrogen and oxygen atoms in total. The van der Waals surface area contributed by atoms with Crippen LogP contribution in [0, 0.1) is 0 Å². The Morgan fingerprint density at radius 3 is 2.75 bits per heavy atom. The van der Waals surface area contributed by atoms with E-state index in [9.17, 15) is 5.11 Å². The minimum atomic E-state index is -0.630. The highest BCUT2D eigenvalue weighted by atomic mass is 35.5. The van der Waals surface area contributed by atoms with Crippen LogP contribution in [0.2, 0.25) is 5.02 Å². The molecule has 3 aromatic rings. The van der Waals surface area contributed by atoms with Crippen molar-refractivity contribution in [1.29, 1.82) is 0 Å². The third kappa shape index (κ3) is 4.85. The maximum atomic E-state index is 10.5. The summed E-state index contributed by atoms with van der Waals surface area (Å²) in [6.07, 6.45) is 1.38. The number of ether oxygens (including phenoxy) is 2. The molecule has 0 bridgehead atoms. The fourth-order valence-corrected chi connectivity index (χ4v) is 3.60. The van der Waals surface area contributed by atoms with Gasteiger partial charge >= 0.3 is 0 Å². The summed E-state index contributed by atoms with van der Waals surface area (Å²) in [5, 5.41) is 11.2. The lowest BCUT2D eigenvalue weighted by atomic mass is 10.2. The summed E-state index contributed by atoms with van der Waals surface area (Å²) in [6, 6.07) is 15.5. The van der Waals surface area contributed by atoms with E-state index in [1.54, 1.807) is 0 Å². The molecule has 1 saturated heterocycles. The Hall–Kier alpha value is -1.63. The number of hydrogen-bond acceptors (Lipinski definition) is 4. The van der Waals surface area contributed by atoms with Gasteiger partial charge in [0.1, 0.15) is 11.9 Å². The predicted molar refractivity (Wildman–Crippen MR) is 112 cm³/mol. The van der Waals surface area contributed by atoms with Crippen molar-refractivity contribution in [2.24, 2.45) is 0 Å². The molecular formula is C21H24Cl2N2O3. The third-order valence-electron chi connectivity index (χ3n) is 4.79. The third-order valence-corrected chi connectivity index (χ3v) is 5.04. The summed E-state index contributed by atoms with van der Waals surface area (Å²) >= 11 is 5.89. The number of aliphatic hydroxyl groups excluding tert-OH is 1. The van der Waals surface area contributed by atoms with Crippen molar-refractivity contribution in [2.45, 2.75) is 38.2 Å². The number of aliphatic hydroxyl groups is 1. The van der Waals surface area contributed by atoms with E-state index in [1.165, 1.54) is 0 Å². The van der Waals surface area contributed by atoms with Crippen molar-refractivity contribution >= 4 is 35.0 Å². The van der Waals surface area contributed by atoms with Crippen molar-refractivity contribution in [3.05, 3.63) is 64.9 Å². The standard InChI is InChI=1S/C21H23ClN2O3.ClH/c22-16-9-7-15(8-10-16)13-26-14-17(25)12-24-19-5-2-1-4-18(19)23-21(24)20-6-3-11-27-20;/h1-2,4-5,7-10,17,20,25H,3,6,11-14H2;1H. The lowest BCUT2D eigenvalue weighted by molar-refractivity contribution is 0.0189. The Balaban J connectivity index is 0.00000225. The van der Waals surface area contributed by atoms with Gasteiger partial charge in [0, 0.05) is 11.6 Å². The number of hydrogen-bond donors (Lipinski definition) is 1. The lowest BCUT2D eigenvalue weighted by Gasteiger charge is -2.17. The largest absolute Gasteiger partial charge is 0.389 e. The van der Waals surface area contributed by atoms with Gasteiger partial charge in [0.25, 0.3) is 0 Å². The molecule has 2 heterocycles. The van der Waals surface area contributed by atoms with Gasteiger partial charge in [0.2, 0.25) is 0 Å². The predicted octanol–water partition coefficient (Wildman–Crippen LogP) is 4.54. The van der Waals surface area contributed by atoms with E-state index >= 15 is 0 Å². The first kappa shape index (κ1) is 21.1.